The van der Waals surface area contributed by atoms with Crippen LogP contribution in [0.25, 0.3) is 88.9 Å². The van der Waals surface area contributed by atoms with Crippen LogP contribution in [0.4, 0.5) is 0 Å². The molecule has 0 bridgehead atoms. The van der Waals surface area contributed by atoms with Crippen molar-refractivity contribution in [2.24, 2.45) is 0 Å². The second-order valence-electron chi connectivity index (χ2n) is 11.1. The number of rotatable bonds is 4. The Morgan fingerprint density at radius 1 is 0.348 bits per heavy atom. The molecule has 6 heteroatoms. The number of hydrogen-bond donors (Lipinski definition) is 0. The second kappa shape index (κ2) is 10.6. The van der Waals surface area contributed by atoms with Gasteiger partial charge in [-0.1, -0.05) is 97.1 Å². The molecule has 0 aliphatic carbocycles. The van der Waals surface area contributed by atoms with Crippen LogP contribution in [0.15, 0.2) is 146 Å². The Morgan fingerprint density at radius 2 is 0.870 bits per heavy atom. The third-order valence-electron chi connectivity index (χ3n) is 8.39. The zero-order chi connectivity index (χ0) is 30.5. The van der Waals surface area contributed by atoms with E-state index in [-0.39, 0.29) is 0 Å². The molecule has 0 atom stereocenters. The van der Waals surface area contributed by atoms with Gasteiger partial charge in [0.25, 0.3) is 0 Å². The average Bonchev–Trinajstić information content (AvgIpc) is 3.15. The van der Waals surface area contributed by atoms with Crippen molar-refractivity contribution < 1.29 is 0 Å². The predicted molar refractivity (Wildman–Crippen MR) is 185 cm³/mol. The maximum atomic E-state index is 5.32. The first kappa shape index (κ1) is 26.0. The smallest absolute Gasteiger partial charge is 0.182 e. The van der Waals surface area contributed by atoms with Crippen LogP contribution in [-0.4, -0.2) is 29.9 Å². The molecule has 46 heavy (non-hydrogen) atoms. The number of aromatic nitrogens is 6. The molecule has 0 fully saturated rings. The van der Waals surface area contributed by atoms with Gasteiger partial charge in [0.15, 0.2) is 17.5 Å². The van der Waals surface area contributed by atoms with Crippen LogP contribution < -0.4 is 0 Å². The van der Waals surface area contributed by atoms with E-state index in [4.69, 9.17) is 19.9 Å². The molecule has 0 unspecified atom stereocenters. The molecule has 4 aromatic heterocycles. The lowest BCUT2D eigenvalue weighted by molar-refractivity contribution is 1.05. The minimum Gasteiger partial charge on any atom is -0.253 e. The van der Waals surface area contributed by atoms with Gasteiger partial charge in [-0.15, -0.1) is 0 Å². The van der Waals surface area contributed by atoms with Crippen molar-refractivity contribution in [2.75, 3.05) is 0 Å². The molecule has 0 amide bonds. The van der Waals surface area contributed by atoms with Gasteiger partial charge >= 0.3 is 0 Å². The fraction of sp³-hybridized carbons (Fsp3) is 0. The third kappa shape index (κ3) is 4.27. The van der Waals surface area contributed by atoms with Gasteiger partial charge in [0.05, 0.1) is 11.2 Å². The van der Waals surface area contributed by atoms with E-state index >= 15 is 0 Å². The molecule has 0 aliphatic rings. The monoisotopic (exact) mass is 588 g/mol. The number of nitrogens with zero attached hydrogens (tertiary/aromatic N) is 6. The van der Waals surface area contributed by atoms with Crippen molar-refractivity contribution in [3.63, 3.8) is 0 Å². The van der Waals surface area contributed by atoms with Crippen molar-refractivity contribution in [3.05, 3.63) is 146 Å². The molecule has 9 rings (SSSR count). The summed E-state index contributed by atoms with van der Waals surface area (Å²) in [7, 11) is 0. The van der Waals surface area contributed by atoms with E-state index < -0.39 is 0 Å². The highest BCUT2D eigenvalue weighted by atomic mass is 15.1. The number of pyridine rings is 3. The largest absolute Gasteiger partial charge is 0.253 e. The van der Waals surface area contributed by atoms with E-state index in [0.29, 0.717) is 28.9 Å². The lowest BCUT2D eigenvalue weighted by Gasteiger charge is -2.16. The molecule has 0 saturated heterocycles. The molecule has 0 N–H and O–H groups in total. The Labute approximate surface area is 264 Å². The normalized spacial score (nSPS) is 11.5. The van der Waals surface area contributed by atoms with Crippen LogP contribution in [0.1, 0.15) is 0 Å². The molecule has 9 aromatic rings. The first-order valence-electron chi connectivity index (χ1n) is 15.1. The highest BCUT2D eigenvalue weighted by molar-refractivity contribution is 6.33. The lowest BCUT2D eigenvalue weighted by Crippen LogP contribution is -2.02. The van der Waals surface area contributed by atoms with Gasteiger partial charge in [0, 0.05) is 39.7 Å². The standard InChI is InChI=1S/C40H24N6/c1-3-16-29-27(14-1)28-15-2-4-17-30(28)36-35(29)31-18-5-6-19-32(31)43-37(36)25-12-11-13-26(24-25)38-44-39(33-20-7-9-22-41-33)46-40(45-38)34-21-8-10-23-42-34/h1-24H. The van der Waals surface area contributed by atoms with E-state index in [9.17, 15) is 0 Å². The Hall–Kier alpha value is -6.40. The van der Waals surface area contributed by atoms with Crippen LogP contribution >= 0.6 is 0 Å². The van der Waals surface area contributed by atoms with Crippen LogP contribution in [0, 0.1) is 0 Å². The first-order valence-corrected chi connectivity index (χ1v) is 15.1. The van der Waals surface area contributed by atoms with Gasteiger partial charge in [-0.3, -0.25) is 9.97 Å². The molecular weight excluding hydrogens is 564 g/mol. The Morgan fingerprint density at radius 3 is 1.50 bits per heavy atom. The summed E-state index contributed by atoms with van der Waals surface area (Å²) in [6, 6.07) is 45.4. The Balaban J connectivity index is 1.33. The quantitative estimate of drug-likeness (QED) is 0.191. The van der Waals surface area contributed by atoms with Crippen LogP contribution in [0.3, 0.4) is 0 Å². The predicted octanol–water partition coefficient (Wildman–Crippen LogP) is 9.34. The summed E-state index contributed by atoms with van der Waals surface area (Å²) < 4.78 is 0. The van der Waals surface area contributed by atoms with Gasteiger partial charge in [0.2, 0.25) is 0 Å². The number of fused-ring (bicyclic) bond motifs is 8. The zero-order valence-corrected chi connectivity index (χ0v) is 24.5. The van der Waals surface area contributed by atoms with E-state index in [1.54, 1.807) is 12.4 Å². The number of para-hydroxylation sites is 1. The summed E-state index contributed by atoms with van der Waals surface area (Å²) in [6.45, 7) is 0. The molecular formula is C40H24N6. The molecule has 5 aromatic carbocycles. The maximum Gasteiger partial charge on any atom is 0.182 e. The van der Waals surface area contributed by atoms with E-state index in [2.05, 4.69) is 88.8 Å². The fourth-order valence-electron chi connectivity index (χ4n) is 6.36. The van der Waals surface area contributed by atoms with Crippen LogP contribution in [0.5, 0.6) is 0 Å². The summed E-state index contributed by atoms with van der Waals surface area (Å²) in [5, 5.41) is 8.29. The first-order chi connectivity index (χ1) is 22.8. The molecule has 0 radical (unpaired) electrons. The molecule has 214 valence electrons. The van der Waals surface area contributed by atoms with Gasteiger partial charge < -0.3 is 0 Å². The van der Waals surface area contributed by atoms with E-state index in [1.807, 2.05) is 54.6 Å². The molecule has 0 saturated carbocycles. The summed E-state index contributed by atoms with van der Waals surface area (Å²) in [5.74, 6) is 1.52. The van der Waals surface area contributed by atoms with Crippen molar-refractivity contribution in [2.45, 2.75) is 0 Å². The summed E-state index contributed by atoms with van der Waals surface area (Å²) >= 11 is 0. The second-order valence-corrected chi connectivity index (χ2v) is 11.1. The third-order valence-corrected chi connectivity index (χ3v) is 8.39. The minimum atomic E-state index is 0.489. The van der Waals surface area contributed by atoms with Gasteiger partial charge in [0.1, 0.15) is 11.4 Å². The fourth-order valence-corrected chi connectivity index (χ4v) is 6.36. The van der Waals surface area contributed by atoms with Crippen molar-refractivity contribution in [1.82, 2.24) is 29.9 Å². The highest BCUT2D eigenvalue weighted by Crippen LogP contribution is 2.43. The van der Waals surface area contributed by atoms with Crippen molar-refractivity contribution in [3.8, 4) is 45.7 Å². The van der Waals surface area contributed by atoms with Crippen LogP contribution in [-0.2, 0) is 0 Å². The molecule has 4 heterocycles. The molecule has 0 spiro atoms. The van der Waals surface area contributed by atoms with Crippen molar-refractivity contribution in [1.29, 1.82) is 0 Å². The summed E-state index contributed by atoms with van der Waals surface area (Å²) in [5.41, 5.74) is 5.03. The van der Waals surface area contributed by atoms with E-state index in [1.165, 1.54) is 26.9 Å². The minimum absolute atomic E-state index is 0.489. The average molecular weight is 589 g/mol. The summed E-state index contributed by atoms with van der Waals surface area (Å²) in [6.07, 6.45) is 3.48. The topological polar surface area (TPSA) is 77.3 Å². The number of hydrogen-bond acceptors (Lipinski definition) is 6. The van der Waals surface area contributed by atoms with Gasteiger partial charge in [-0.25, -0.2) is 19.9 Å². The van der Waals surface area contributed by atoms with E-state index in [0.717, 1.165) is 33.1 Å². The zero-order valence-electron chi connectivity index (χ0n) is 24.5. The number of benzene rings is 5. The van der Waals surface area contributed by atoms with Gasteiger partial charge in [-0.2, -0.15) is 0 Å². The maximum absolute atomic E-state index is 5.32. The molecule has 6 nitrogen and oxygen atoms in total. The van der Waals surface area contributed by atoms with Crippen molar-refractivity contribution >= 4 is 43.2 Å². The summed E-state index contributed by atoms with van der Waals surface area (Å²) in [4.78, 5) is 28.9. The Kier molecular flexibility index (Phi) is 6.03. The van der Waals surface area contributed by atoms with Crippen LogP contribution in [0.2, 0.25) is 0 Å². The SMILES string of the molecule is c1ccc(-c2nc(-c3cccc(-c4nc5ccccc5c5c6ccccc6c6ccccc6c45)c3)nc(-c3ccccn3)n2)nc1. The van der Waals surface area contributed by atoms with Gasteiger partial charge in [-0.05, 0) is 57.9 Å². The Bertz CT molecular complexity index is 2530. The molecule has 0 aliphatic heterocycles. The highest BCUT2D eigenvalue weighted by Gasteiger charge is 2.19. The lowest BCUT2D eigenvalue weighted by atomic mass is 9.90.